The third kappa shape index (κ3) is 2.29. The van der Waals surface area contributed by atoms with E-state index >= 15 is 0 Å². The standard InChI is InChI=1S/C11H13F3N2/c12-8-4-10(14)11(5-9(8)13)16-7-2-1-6(15)3-7/h4-7,16H,1-3,15H2. The third-order valence-corrected chi connectivity index (χ3v) is 2.84. The molecule has 1 aromatic rings. The molecule has 2 nitrogen and oxygen atoms in total. The van der Waals surface area contributed by atoms with Crippen molar-refractivity contribution in [2.45, 2.75) is 31.3 Å². The molecule has 5 heteroatoms. The van der Waals surface area contributed by atoms with Crippen LogP contribution in [0.4, 0.5) is 18.9 Å². The van der Waals surface area contributed by atoms with Crippen LogP contribution in [0, 0.1) is 17.5 Å². The van der Waals surface area contributed by atoms with Crippen molar-refractivity contribution in [3.8, 4) is 0 Å². The van der Waals surface area contributed by atoms with Crippen LogP contribution < -0.4 is 11.1 Å². The van der Waals surface area contributed by atoms with Crippen molar-refractivity contribution < 1.29 is 13.2 Å². The summed E-state index contributed by atoms with van der Waals surface area (Å²) in [7, 11) is 0. The van der Waals surface area contributed by atoms with Crippen molar-refractivity contribution in [1.82, 2.24) is 0 Å². The molecule has 1 saturated carbocycles. The molecule has 0 radical (unpaired) electrons. The summed E-state index contributed by atoms with van der Waals surface area (Å²) in [5.74, 6) is -3.00. The first-order valence-corrected chi connectivity index (χ1v) is 5.23. The summed E-state index contributed by atoms with van der Waals surface area (Å²) in [5.41, 5.74) is 5.70. The van der Waals surface area contributed by atoms with Gasteiger partial charge in [0.2, 0.25) is 0 Å². The molecule has 2 unspecified atom stereocenters. The maximum absolute atomic E-state index is 13.3. The van der Waals surface area contributed by atoms with Crippen LogP contribution in [0.3, 0.4) is 0 Å². The normalized spacial score (nSPS) is 24.8. The fourth-order valence-electron chi connectivity index (χ4n) is 2.00. The summed E-state index contributed by atoms with van der Waals surface area (Å²) in [6, 6.07) is 1.53. The van der Waals surface area contributed by atoms with Crippen LogP contribution in [-0.2, 0) is 0 Å². The smallest absolute Gasteiger partial charge is 0.161 e. The van der Waals surface area contributed by atoms with Gasteiger partial charge in [-0.1, -0.05) is 0 Å². The van der Waals surface area contributed by atoms with Gasteiger partial charge in [0, 0.05) is 24.2 Å². The fourth-order valence-corrected chi connectivity index (χ4v) is 2.00. The first kappa shape index (κ1) is 11.3. The quantitative estimate of drug-likeness (QED) is 0.765. The Morgan fingerprint density at radius 2 is 1.75 bits per heavy atom. The van der Waals surface area contributed by atoms with Crippen molar-refractivity contribution in [3.05, 3.63) is 29.6 Å². The zero-order valence-electron chi connectivity index (χ0n) is 8.64. The van der Waals surface area contributed by atoms with Crippen LogP contribution in [0.5, 0.6) is 0 Å². The summed E-state index contributed by atoms with van der Waals surface area (Å²) in [4.78, 5) is 0. The van der Waals surface area contributed by atoms with Crippen molar-refractivity contribution in [3.63, 3.8) is 0 Å². The van der Waals surface area contributed by atoms with Gasteiger partial charge < -0.3 is 11.1 Å². The Balaban J connectivity index is 2.12. The summed E-state index contributed by atoms with van der Waals surface area (Å²) in [6.07, 6.45) is 2.40. The first-order chi connectivity index (χ1) is 7.56. The molecular formula is C11H13F3N2. The third-order valence-electron chi connectivity index (χ3n) is 2.84. The zero-order chi connectivity index (χ0) is 11.7. The molecule has 2 rings (SSSR count). The molecule has 1 aliphatic rings. The maximum atomic E-state index is 13.3. The van der Waals surface area contributed by atoms with Gasteiger partial charge in [0.15, 0.2) is 11.6 Å². The molecule has 2 atom stereocenters. The summed E-state index contributed by atoms with van der Waals surface area (Å²) < 4.78 is 38.9. The summed E-state index contributed by atoms with van der Waals surface area (Å²) >= 11 is 0. The van der Waals surface area contributed by atoms with Gasteiger partial charge >= 0.3 is 0 Å². The van der Waals surface area contributed by atoms with Crippen LogP contribution in [-0.4, -0.2) is 12.1 Å². The molecule has 16 heavy (non-hydrogen) atoms. The highest BCUT2D eigenvalue weighted by Crippen LogP contribution is 2.24. The highest BCUT2D eigenvalue weighted by atomic mass is 19.2. The highest BCUT2D eigenvalue weighted by molar-refractivity contribution is 5.46. The average molecular weight is 230 g/mol. The number of rotatable bonds is 2. The number of hydrogen-bond acceptors (Lipinski definition) is 2. The van der Waals surface area contributed by atoms with Gasteiger partial charge in [0.1, 0.15) is 5.82 Å². The molecule has 1 fully saturated rings. The molecule has 88 valence electrons. The van der Waals surface area contributed by atoms with E-state index in [1.807, 2.05) is 0 Å². The fraction of sp³-hybridized carbons (Fsp3) is 0.455. The van der Waals surface area contributed by atoms with Gasteiger partial charge in [-0.25, -0.2) is 13.2 Å². The van der Waals surface area contributed by atoms with Crippen LogP contribution in [0.25, 0.3) is 0 Å². The summed E-state index contributed by atoms with van der Waals surface area (Å²) in [6.45, 7) is 0. The molecule has 0 spiro atoms. The Bertz CT molecular complexity index is 395. The van der Waals surface area contributed by atoms with Gasteiger partial charge in [-0.3, -0.25) is 0 Å². The lowest BCUT2D eigenvalue weighted by molar-refractivity contribution is 0.495. The van der Waals surface area contributed by atoms with Gasteiger partial charge in [0.25, 0.3) is 0 Å². The minimum absolute atomic E-state index is 0.00185. The van der Waals surface area contributed by atoms with Gasteiger partial charge in [-0.2, -0.15) is 0 Å². The van der Waals surface area contributed by atoms with Gasteiger partial charge in [0.05, 0.1) is 5.69 Å². The second kappa shape index (κ2) is 4.33. The van der Waals surface area contributed by atoms with Crippen molar-refractivity contribution in [2.75, 3.05) is 5.32 Å². The lowest BCUT2D eigenvalue weighted by atomic mass is 10.2. The van der Waals surface area contributed by atoms with E-state index in [1.165, 1.54) is 0 Å². The van der Waals surface area contributed by atoms with Gasteiger partial charge in [-0.15, -0.1) is 0 Å². The number of nitrogens with one attached hydrogen (secondary N) is 1. The van der Waals surface area contributed by atoms with Crippen LogP contribution in [0.2, 0.25) is 0 Å². The number of halogens is 3. The Hall–Kier alpha value is -1.23. The largest absolute Gasteiger partial charge is 0.380 e. The van der Waals surface area contributed by atoms with E-state index in [9.17, 15) is 13.2 Å². The second-order valence-corrected chi connectivity index (χ2v) is 4.16. The molecule has 0 heterocycles. The van der Waals surface area contributed by atoms with Crippen molar-refractivity contribution in [2.24, 2.45) is 5.73 Å². The van der Waals surface area contributed by atoms with Crippen molar-refractivity contribution in [1.29, 1.82) is 0 Å². The van der Waals surface area contributed by atoms with Crippen LogP contribution >= 0.6 is 0 Å². The predicted molar refractivity (Wildman–Crippen MR) is 55.6 cm³/mol. The topological polar surface area (TPSA) is 38.0 Å². The number of nitrogens with two attached hydrogens (primary N) is 1. The Kier molecular flexibility index (Phi) is 3.05. The van der Waals surface area contributed by atoms with E-state index < -0.39 is 17.5 Å². The Morgan fingerprint density at radius 1 is 1.06 bits per heavy atom. The molecule has 0 bridgehead atoms. The van der Waals surface area contributed by atoms with E-state index in [4.69, 9.17) is 5.73 Å². The molecule has 0 saturated heterocycles. The van der Waals surface area contributed by atoms with Crippen molar-refractivity contribution >= 4 is 5.69 Å². The average Bonchev–Trinajstić information content (AvgIpc) is 2.60. The number of hydrogen-bond donors (Lipinski definition) is 2. The second-order valence-electron chi connectivity index (χ2n) is 4.16. The van der Waals surface area contributed by atoms with Crippen LogP contribution in [0.1, 0.15) is 19.3 Å². The molecular weight excluding hydrogens is 217 g/mol. The van der Waals surface area contributed by atoms with E-state index in [2.05, 4.69) is 5.32 Å². The molecule has 3 N–H and O–H groups in total. The minimum Gasteiger partial charge on any atom is -0.380 e. The van der Waals surface area contributed by atoms with E-state index in [0.717, 1.165) is 25.3 Å². The number of benzene rings is 1. The molecule has 0 aromatic heterocycles. The van der Waals surface area contributed by atoms with E-state index in [0.29, 0.717) is 6.07 Å². The highest BCUT2D eigenvalue weighted by Gasteiger charge is 2.22. The Labute approximate surface area is 91.6 Å². The zero-order valence-corrected chi connectivity index (χ0v) is 8.64. The number of anilines is 1. The van der Waals surface area contributed by atoms with E-state index in [1.54, 1.807) is 0 Å². The predicted octanol–water partition coefficient (Wildman–Crippen LogP) is 2.40. The lowest BCUT2D eigenvalue weighted by Crippen LogP contribution is -2.21. The molecule has 1 aliphatic carbocycles. The minimum atomic E-state index is -1.17. The van der Waals surface area contributed by atoms with Gasteiger partial charge in [-0.05, 0) is 19.3 Å². The SMILES string of the molecule is NC1CCC(Nc2cc(F)c(F)cc2F)C1. The lowest BCUT2D eigenvalue weighted by Gasteiger charge is -2.14. The monoisotopic (exact) mass is 230 g/mol. The molecule has 0 aliphatic heterocycles. The Morgan fingerprint density at radius 3 is 2.38 bits per heavy atom. The van der Waals surface area contributed by atoms with E-state index in [-0.39, 0.29) is 17.8 Å². The van der Waals surface area contributed by atoms with Crippen LogP contribution in [0.15, 0.2) is 12.1 Å². The summed E-state index contributed by atoms with van der Waals surface area (Å²) in [5, 5.41) is 2.85. The molecule has 1 aromatic carbocycles. The maximum Gasteiger partial charge on any atom is 0.161 e. The molecule has 0 amide bonds. The first-order valence-electron chi connectivity index (χ1n) is 5.23.